The van der Waals surface area contributed by atoms with Gasteiger partial charge in [-0.1, -0.05) is 27.5 Å². The van der Waals surface area contributed by atoms with Gasteiger partial charge < -0.3 is 9.84 Å². The van der Waals surface area contributed by atoms with Crippen molar-refractivity contribution >= 4 is 27.5 Å². The van der Waals surface area contributed by atoms with Crippen molar-refractivity contribution in [2.24, 2.45) is 0 Å². The van der Waals surface area contributed by atoms with Crippen molar-refractivity contribution in [2.45, 2.75) is 19.6 Å². The summed E-state index contributed by atoms with van der Waals surface area (Å²) in [6, 6.07) is 9.48. The van der Waals surface area contributed by atoms with Crippen molar-refractivity contribution in [1.29, 1.82) is 0 Å². The molecule has 2 rings (SSSR count). The first kappa shape index (κ1) is 15.3. The van der Waals surface area contributed by atoms with E-state index in [1.54, 1.807) is 19.1 Å². The maximum atomic E-state index is 13.2. The smallest absolute Gasteiger partial charge is 0.125 e. The SMILES string of the molecule is CC(O)c1cc(Br)ccc1OCc1cc(F)ccc1Cl. The predicted octanol–water partition coefficient (Wildman–Crippen LogP) is 4.87. The summed E-state index contributed by atoms with van der Waals surface area (Å²) in [6.45, 7) is 1.79. The summed E-state index contributed by atoms with van der Waals surface area (Å²) in [4.78, 5) is 0. The average molecular weight is 360 g/mol. The Bertz CT molecular complexity index is 617. The number of aliphatic hydroxyl groups excluding tert-OH is 1. The van der Waals surface area contributed by atoms with E-state index in [1.807, 2.05) is 6.07 Å². The van der Waals surface area contributed by atoms with Gasteiger partial charge in [-0.3, -0.25) is 0 Å². The van der Waals surface area contributed by atoms with Crippen LogP contribution < -0.4 is 4.74 Å². The van der Waals surface area contributed by atoms with E-state index in [2.05, 4.69) is 15.9 Å². The van der Waals surface area contributed by atoms with E-state index >= 15 is 0 Å². The maximum absolute atomic E-state index is 13.2. The Labute approximate surface area is 130 Å². The Morgan fingerprint density at radius 3 is 2.75 bits per heavy atom. The van der Waals surface area contributed by atoms with Gasteiger partial charge >= 0.3 is 0 Å². The summed E-state index contributed by atoms with van der Waals surface area (Å²) in [6.07, 6.45) is -0.662. The molecule has 0 radical (unpaired) electrons. The summed E-state index contributed by atoms with van der Waals surface area (Å²) >= 11 is 9.33. The number of hydrogen-bond donors (Lipinski definition) is 1. The predicted molar refractivity (Wildman–Crippen MR) is 80.5 cm³/mol. The van der Waals surface area contributed by atoms with Crippen molar-refractivity contribution in [1.82, 2.24) is 0 Å². The molecule has 0 heterocycles. The summed E-state index contributed by atoms with van der Waals surface area (Å²) in [5, 5.41) is 10.2. The molecule has 0 aliphatic carbocycles. The first-order valence-electron chi connectivity index (χ1n) is 6.01. The lowest BCUT2D eigenvalue weighted by Gasteiger charge is -2.14. The highest BCUT2D eigenvalue weighted by atomic mass is 79.9. The standard InChI is InChI=1S/C15H13BrClFO2/c1-9(19)13-7-11(16)2-5-15(13)20-8-10-6-12(18)3-4-14(10)17/h2-7,9,19H,8H2,1H3. The van der Waals surface area contributed by atoms with Crippen LogP contribution >= 0.6 is 27.5 Å². The summed E-state index contributed by atoms with van der Waals surface area (Å²) in [5.74, 6) is 0.183. The second-order valence-corrected chi connectivity index (χ2v) is 5.71. The van der Waals surface area contributed by atoms with E-state index in [0.29, 0.717) is 21.9 Å². The molecule has 0 amide bonds. The highest BCUT2D eigenvalue weighted by Crippen LogP contribution is 2.29. The van der Waals surface area contributed by atoms with E-state index in [-0.39, 0.29) is 12.4 Å². The fourth-order valence-corrected chi connectivity index (χ4v) is 2.34. The number of hydrogen-bond acceptors (Lipinski definition) is 2. The quantitative estimate of drug-likeness (QED) is 0.843. The average Bonchev–Trinajstić information content (AvgIpc) is 2.40. The molecule has 2 aromatic rings. The van der Waals surface area contributed by atoms with Crippen LogP contribution in [0.4, 0.5) is 4.39 Å². The summed E-state index contributed by atoms with van der Waals surface area (Å²) < 4.78 is 19.7. The summed E-state index contributed by atoms with van der Waals surface area (Å²) in [7, 11) is 0. The molecule has 5 heteroatoms. The Balaban J connectivity index is 2.20. The molecular formula is C15H13BrClFO2. The molecule has 0 aromatic heterocycles. The number of halogens is 3. The van der Waals surface area contributed by atoms with Crippen LogP contribution in [0, 0.1) is 5.82 Å². The molecule has 0 saturated heterocycles. The molecule has 106 valence electrons. The Kier molecular flexibility index (Phi) is 5.02. The van der Waals surface area contributed by atoms with Gasteiger partial charge in [0.05, 0.1) is 6.10 Å². The van der Waals surface area contributed by atoms with Crippen molar-refractivity contribution in [2.75, 3.05) is 0 Å². The first-order valence-corrected chi connectivity index (χ1v) is 7.18. The zero-order valence-corrected chi connectivity index (χ0v) is 13.1. The molecule has 0 spiro atoms. The highest BCUT2D eigenvalue weighted by molar-refractivity contribution is 9.10. The highest BCUT2D eigenvalue weighted by Gasteiger charge is 2.11. The minimum absolute atomic E-state index is 0.137. The zero-order valence-electron chi connectivity index (χ0n) is 10.7. The monoisotopic (exact) mass is 358 g/mol. The lowest BCUT2D eigenvalue weighted by atomic mass is 10.1. The van der Waals surface area contributed by atoms with Gasteiger partial charge in [-0.05, 0) is 43.3 Å². The maximum Gasteiger partial charge on any atom is 0.125 e. The Morgan fingerprint density at radius 2 is 2.05 bits per heavy atom. The molecule has 1 unspecified atom stereocenters. The molecule has 0 aliphatic heterocycles. The number of ether oxygens (including phenoxy) is 1. The van der Waals surface area contributed by atoms with Gasteiger partial charge in [0, 0.05) is 20.6 Å². The molecule has 2 nitrogen and oxygen atoms in total. The largest absolute Gasteiger partial charge is 0.488 e. The van der Waals surface area contributed by atoms with E-state index in [4.69, 9.17) is 16.3 Å². The van der Waals surface area contributed by atoms with Gasteiger partial charge in [-0.15, -0.1) is 0 Å². The third-order valence-electron chi connectivity index (χ3n) is 2.81. The van der Waals surface area contributed by atoms with Gasteiger partial charge in [0.15, 0.2) is 0 Å². The van der Waals surface area contributed by atoms with Crippen LogP contribution in [0.3, 0.4) is 0 Å². The van der Waals surface area contributed by atoms with Crippen molar-refractivity contribution in [3.05, 3.63) is 62.8 Å². The molecule has 0 saturated carbocycles. The van der Waals surface area contributed by atoms with E-state index in [9.17, 15) is 9.50 Å². The number of benzene rings is 2. The van der Waals surface area contributed by atoms with Crippen LogP contribution in [0.1, 0.15) is 24.2 Å². The zero-order chi connectivity index (χ0) is 14.7. The Morgan fingerprint density at radius 1 is 1.30 bits per heavy atom. The van der Waals surface area contributed by atoms with Crippen LogP contribution in [0.5, 0.6) is 5.75 Å². The minimum atomic E-state index is -0.662. The van der Waals surface area contributed by atoms with E-state index in [0.717, 1.165) is 4.47 Å². The second kappa shape index (κ2) is 6.57. The Hall–Kier alpha value is -1.10. The first-order chi connectivity index (χ1) is 9.47. The number of aliphatic hydroxyl groups is 1. The van der Waals surface area contributed by atoms with E-state index in [1.165, 1.54) is 18.2 Å². The third-order valence-corrected chi connectivity index (χ3v) is 3.67. The summed E-state index contributed by atoms with van der Waals surface area (Å²) in [5.41, 5.74) is 1.22. The molecule has 20 heavy (non-hydrogen) atoms. The lowest BCUT2D eigenvalue weighted by Crippen LogP contribution is -2.02. The van der Waals surface area contributed by atoms with Crippen LogP contribution in [0.25, 0.3) is 0 Å². The van der Waals surface area contributed by atoms with E-state index < -0.39 is 6.10 Å². The van der Waals surface area contributed by atoms with Crippen molar-refractivity contribution in [3.8, 4) is 5.75 Å². The second-order valence-electron chi connectivity index (χ2n) is 4.38. The fraction of sp³-hybridized carbons (Fsp3) is 0.200. The van der Waals surface area contributed by atoms with Gasteiger partial charge in [0.2, 0.25) is 0 Å². The minimum Gasteiger partial charge on any atom is -0.488 e. The van der Waals surface area contributed by atoms with Gasteiger partial charge in [-0.25, -0.2) is 4.39 Å². The van der Waals surface area contributed by atoms with Crippen LogP contribution in [-0.2, 0) is 6.61 Å². The molecule has 1 N–H and O–H groups in total. The third kappa shape index (κ3) is 3.72. The van der Waals surface area contributed by atoms with Crippen LogP contribution in [0.15, 0.2) is 40.9 Å². The lowest BCUT2D eigenvalue weighted by molar-refractivity contribution is 0.190. The van der Waals surface area contributed by atoms with Crippen LogP contribution in [-0.4, -0.2) is 5.11 Å². The van der Waals surface area contributed by atoms with Crippen molar-refractivity contribution in [3.63, 3.8) is 0 Å². The van der Waals surface area contributed by atoms with Gasteiger partial charge in [0.1, 0.15) is 18.2 Å². The molecule has 2 aromatic carbocycles. The van der Waals surface area contributed by atoms with Gasteiger partial charge in [0.25, 0.3) is 0 Å². The fourth-order valence-electron chi connectivity index (χ4n) is 1.79. The topological polar surface area (TPSA) is 29.5 Å². The molecule has 0 aliphatic rings. The normalized spacial score (nSPS) is 12.2. The van der Waals surface area contributed by atoms with Crippen LogP contribution in [0.2, 0.25) is 5.02 Å². The number of rotatable bonds is 4. The molecular weight excluding hydrogens is 347 g/mol. The van der Waals surface area contributed by atoms with Gasteiger partial charge in [-0.2, -0.15) is 0 Å². The van der Waals surface area contributed by atoms with Crippen molar-refractivity contribution < 1.29 is 14.2 Å². The molecule has 1 atom stereocenters. The molecule has 0 fully saturated rings. The molecule has 0 bridgehead atoms.